The van der Waals surface area contributed by atoms with Crippen LogP contribution in [0.5, 0.6) is 0 Å². The van der Waals surface area contributed by atoms with Gasteiger partial charge in [0, 0.05) is 5.39 Å². The van der Waals surface area contributed by atoms with Gasteiger partial charge in [-0.3, -0.25) is 0 Å². The molecule has 0 atom stereocenters. The Kier molecular flexibility index (Phi) is 4.03. The predicted molar refractivity (Wildman–Crippen MR) is 85.2 cm³/mol. The van der Waals surface area contributed by atoms with Crippen LogP contribution in [-0.2, 0) is 4.74 Å². The Balaban J connectivity index is 0.000000774. The second-order valence-electron chi connectivity index (χ2n) is 4.24. The van der Waals surface area contributed by atoms with Crippen molar-refractivity contribution >= 4 is 34.9 Å². The summed E-state index contributed by atoms with van der Waals surface area (Å²) in [6.45, 7) is 11.5. The lowest BCUT2D eigenvalue weighted by Gasteiger charge is -2.18. The zero-order valence-electron chi connectivity index (χ0n) is 12.1. The van der Waals surface area contributed by atoms with E-state index in [-0.39, 0.29) is 0 Å². The smallest absolute Gasteiger partial charge is 0.347 e. The molecule has 0 fully saturated rings. The first-order chi connectivity index (χ1) is 10.2. The van der Waals surface area contributed by atoms with Crippen LogP contribution >= 0.6 is 0 Å². The summed E-state index contributed by atoms with van der Waals surface area (Å²) in [6, 6.07) is 7.16. The maximum absolute atomic E-state index is 12.0. The van der Waals surface area contributed by atoms with E-state index >= 15 is 0 Å². The van der Waals surface area contributed by atoms with E-state index in [9.17, 15) is 9.59 Å². The third-order valence-corrected chi connectivity index (χ3v) is 3.27. The van der Waals surface area contributed by atoms with E-state index in [4.69, 9.17) is 4.74 Å². The molecule has 21 heavy (non-hydrogen) atoms. The Morgan fingerprint density at radius 2 is 1.76 bits per heavy atom. The maximum atomic E-state index is 12.0. The van der Waals surface area contributed by atoms with Crippen molar-refractivity contribution in [2.45, 2.75) is 13.8 Å². The van der Waals surface area contributed by atoms with Gasteiger partial charge in [-0.15, -0.1) is 0 Å². The third kappa shape index (κ3) is 2.17. The summed E-state index contributed by atoms with van der Waals surface area (Å²) in [5.41, 5.74) is 2.23. The Bertz CT molecular complexity index is 770. The summed E-state index contributed by atoms with van der Waals surface area (Å²) in [5, 5.41) is 1.45. The number of hydrogen-bond acceptors (Lipinski definition) is 3. The van der Waals surface area contributed by atoms with Gasteiger partial charge in [0.15, 0.2) is 0 Å². The molecular weight excluding hydrogens is 264 g/mol. The third-order valence-electron chi connectivity index (χ3n) is 3.27. The lowest BCUT2D eigenvalue weighted by Crippen LogP contribution is -2.21. The molecule has 0 bridgehead atoms. The van der Waals surface area contributed by atoms with Crippen molar-refractivity contribution in [1.29, 1.82) is 0 Å². The highest BCUT2D eigenvalue weighted by atomic mass is 16.6. The normalized spacial score (nSPS) is 12.3. The summed E-state index contributed by atoms with van der Waals surface area (Å²) < 4.78 is 4.78. The first kappa shape index (κ1) is 14.7. The number of ether oxygens (including phenoxy) is 1. The lowest BCUT2D eigenvalue weighted by atomic mass is 9.90. The number of hydrogen-bond donors (Lipinski definition) is 0. The average molecular weight is 280 g/mol. The number of benzene rings is 2. The van der Waals surface area contributed by atoms with E-state index < -0.39 is 11.9 Å². The molecule has 0 saturated carbocycles. The molecule has 0 aliphatic carbocycles. The van der Waals surface area contributed by atoms with Crippen LogP contribution in [0.25, 0.3) is 22.9 Å². The molecular formula is C18H16O3. The number of carbonyl (C=O) groups excluding carboxylic acids is 2. The largest absolute Gasteiger partial charge is 0.386 e. The molecule has 3 rings (SSSR count). The van der Waals surface area contributed by atoms with Gasteiger partial charge in [-0.1, -0.05) is 51.3 Å². The van der Waals surface area contributed by atoms with Crippen molar-refractivity contribution in [1.82, 2.24) is 0 Å². The molecule has 2 aromatic carbocycles. The minimum absolute atomic E-state index is 0.387. The first-order valence-electron chi connectivity index (χ1n) is 6.78. The van der Waals surface area contributed by atoms with Gasteiger partial charge >= 0.3 is 11.9 Å². The number of carbonyl (C=O) groups is 2. The molecule has 0 N–H and O–H groups in total. The molecule has 0 radical (unpaired) electrons. The van der Waals surface area contributed by atoms with Gasteiger partial charge in [0.2, 0.25) is 0 Å². The Labute approximate surface area is 123 Å². The van der Waals surface area contributed by atoms with Crippen molar-refractivity contribution in [3.05, 3.63) is 59.7 Å². The van der Waals surface area contributed by atoms with Gasteiger partial charge in [0.1, 0.15) is 0 Å². The Morgan fingerprint density at radius 3 is 2.38 bits per heavy atom. The highest BCUT2D eigenvalue weighted by Crippen LogP contribution is 2.34. The van der Waals surface area contributed by atoms with Gasteiger partial charge in [-0.25, -0.2) is 9.59 Å². The highest BCUT2D eigenvalue weighted by molar-refractivity contribution is 6.22. The summed E-state index contributed by atoms with van der Waals surface area (Å²) in [6.07, 6.45) is 3.24. The van der Waals surface area contributed by atoms with Crippen molar-refractivity contribution < 1.29 is 14.3 Å². The number of esters is 2. The topological polar surface area (TPSA) is 43.4 Å². The van der Waals surface area contributed by atoms with Crippen molar-refractivity contribution in [2.75, 3.05) is 0 Å². The number of rotatable bonds is 2. The number of cyclic esters (lactones) is 2. The predicted octanol–water partition coefficient (Wildman–Crippen LogP) is 4.46. The van der Waals surface area contributed by atoms with Gasteiger partial charge in [0.25, 0.3) is 0 Å². The summed E-state index contributed by atoms with van der Waals surface area (Å²) in [7, 11) is 0. The molecule has 106 valence electrons. The van der Waals surface area contributed by atoms with E-state index in [1.807, 2.05) is 26.0 Å². The Hall–Kier alpha value is -2.68. The first-order valence-corrected chi connectivity index (χ1v) is 6.78. The molecule has 2 aromatic rings. The van der Waals surface area contributed by atoms with Crippen LogP contribution in [-0.4, -0.2) is 11.9 Å². The molecule has 1 aliphatic rings. The second kappa shape index (κ2) is 5.75. The standard InChI is InChI=1S/C16H10O3.C2H6/c1-3-9-8-10-6-5-7-12-13(10)14(11(9)4-2)16(18)19-15(12)17;1-2/h3-8H,1-2H2;1-2H3. The van der Waals surface area contributed by atoms with Gasteiger partial charge in [0.05, 0.1) is 11.1 Å². The molecule has 0 unspecified atom stereocenters. The molecule has 1 aliphatic heterocycles. The quantitative estimate of drug-likeness (QED) is 0.602. The molecule has 3 nitrogen and oxygen atoms in total. The van der Waals surface area contributed by atoms with Crippen LogP contribution in [0.4, 0.5) is 0 Å². The zero-order valence-corrected chi connectivity index (χ0v) is 12.1. The van der Waals surface area contributed by atoms with E-state index in [0.717, 1.165) is 10.9 Å². The SMILES string of the molecule is C=Cc1cc2cccc3c2c(c1C=C)C(=O)OC3=O.CC. The monoisotopic (exact) mass is 280 g/mol. The van der Waals surface area contributed by atoms with Crippen molar-refractivity contribution in [2.24, 2.45) is 0 Å². The fourth-order valence-electron chi connectivity index (χ4n) is 2.45. The van der Waals surface area contributed by atoms with Crippen LogP contribution in [0, 0.1) is 0 Å². The van der Waals surface area contributed by atoms with Crippen LogP contribution < -0.4 is 0 Å². The Morgan fingerprint density at radius 1 is 1.05 bits per heavy atom. The zero-order chi connectivity index (χ0) is 15.6. The van der Waals surface area contributed by atoms with Crippen molar-refractivity contribution in [3.8, 4) is 0 Å². The fraction of sp³-hybridized carbons (Fsp3) is 0.111. The highest BCUT2D eigenvalue weighted by Gasteiger charge is 2.29. The van der Waals surface area contributed by atoms with Crippen LogP contribution in [0.2, 0.25) is 0 Å². The van der Waals surface area contributed by atoms with Crippen LogP contribution in [0.15, 0.2) is 37.4 Å². The maximum Gasteiger partial charge on any atom is 0.347 e. The average Bonchev–Trinajstić information content (AvgIpc) is 2.52. The molecule has 0 saturated heterocycles. The van der Waals surface area contributed by atoms with E-state index in [0.29, 0.717) is 22.1 Å². The molecule has 1 heterocycles. The molecule has 0 amide bonds. The minimum Gasteiger partial charge on any atom is -0.386 e. The van der Waals surface area contributed by atoms with Crippen LogP contribution in [0.3, 0.4) is 0 Å². The van der Waals surface area contributed by atoms with E-state index in [1.165, 1.54) is 0 Å². The molecule has 3 heteroatoms. The fourth-order valence-corrected chi connectivity index (χ4v) is 2.45. The summed E-state index contributed by atoms with van der Waals surface area (Å²) in [5.74, 6) is -1.24. The minimum atomic E-state index is -0.632. The molecule has 0 spiro atoms. The van der Waals surface area contributed by atoms with E-state index in [1.54, 1.807) is 24.3 Å². The van der Waals surface area contributed by atoms with E-state index in [2.05, 4.69) is 13.2 Å². The summed E-state index contributed by atoms with van der Waals surface area (Å²) in [4.78, 5) is 23.8. The second-order valence-corrected chi connectivity index (χ2v) is 4.24. The summed E-state index contributed by atoms with van der Waals surface area (Å²) >= 11 is 0. The van der Waals surface area contributed by atoms with Gasteiger partial charge in [-0.2, -0.15) is 0 Å². The molecule has 0 aromatic heterocycles. The van der Waals surface area contributed by atoms with Gasteiger partial charge in [-0.05, 0) is 28.6 Å². The lowest BCUT2D eigenvalue weighted by molar-refractivity contribution is 0.0391. The van der Waals surface area contributed by atoms with Crippen molar-refractivity contribution in [3.63, 3.8) is 0 Å². The van der Waals surface area contributed by atoms with Gasteiger partial charge < -0.3 is 4.74 Å². The van der Waals surface area contributed by atoms with Crippen LogP contribution in [0.1, 0.15) is 45.7 Å².